The third kappa shape index (κ3) is 4.82. The molecule has 0 saturated carbocycles. The monoisotopic (exact) mass is 519 g/mol. The number of halogens is 3. The topological polar surface area (TPSA) is 74.4 Å². The summed E-state index contributed by atoms with van der Waals surface area (Å²) in [6, 6.07) is 7.21. The van der Waals surface area contributed by atoms with Gasteiger partial charge in [0.1, 0.15) is 18.0 Å². The fraction of sp³-hybridized carbons (Fsp3) is 0.500. The molecule has 3 aromatic rings. The summed E-state index contributed by atoms with van der Waals surface area (Å²) < 4.78 is 48.3. The van der Waals surface area contributed by atoms with Crippen molar-refractivity contribution in [3.63, 3.8) is 0 Å². The van der Waals surface area contributed by atoms with E-state index in [2.05, 4.69) is 26.2 Å². The first-order valence-corrected chi connectivity index (χ1v) is 13.2. The molecule has 12 heteroatoms. The molecule has 8 nitrogen and oxygen atoms in total. The van der Waals surface area contributed by atoms with Crippen LogP contribution in [0.15, 0.2) is 40.0 Å². The lowest BCUT2D eigenvalue weighted by Gasteiger charge is -2.39. The van der Waals surface area contributed by atoms with Crippen LogP contribution in [0.5, 0.6) is 0 Å². The van der Waals surface area contributed by atoms with Crippen LogP contribution in [0, 0.1) is 0 Å². The molecule has 2 aliphatic rings. The quantitative estimate of drug-likeness (QED) is 0.315. The number of anilines is 4. The molecule has 0 radical (unpaired) electrons. The Morgan fingerprint density at radius 2 is 1.89 bits per heavy atom. The van der Waals surface area contributed by atoms with Gasteiger partial charge < -0.3 is 14.3 Å². The van der Waals surface area contributed by atoms with Crippen molar-refractivity contribution in [3.8, 4) is 0 Å². The zero-order valence-electron chi connectivity index (χ0n) is 20.4. The Bertz CT molecular complexity index is 1210. The van der Waals surface area contributed by atoms with Gasteiger partial charge in [-0.05, 0) is 49.3 Å². The van der Waals surface area contributed by atoms with E-state index in [4.69, 9.17) is 4.52 Å². The van der Waals surface area contributed by atoms with E-state index in [0.717, 1.165) is 17.0 Å². The van der Waals surface area contributed by atoms with E-state index < -0.39 is 12.3 Å². The Kier molecular flexibility index (Phi) is 6.71. The molecule has 0 atom stereocenters. The molecule has 0 N–H and O–H groups in total. The Hall–Kier alpha value is -3.02. The molecular formula is C24H28F3N7OS. The lowest BCUT2D eigenvalue weighted by Crippen LogP contribution is -2.51. The summed E-state index contributed by atoms with van der Waals surface area (Å²) in [6.07, 6.45) is 0.0398. The molecule has 36 heavy (non-hydrogen) atoms. The normalized spacial score (nSPS) is 16.6. The maximum atomic E-state index is 14.3. The highest BCUT2D eigenvalue weighted by atomic mass is 32.2. The van der Waals surface area contributed by atoms with Gasteiger partial charge in [-0.3, -0.25) is 4.90 Å². The van der Waals surface area contributed by atoms with Crippen LogP contribution in [-0.4, -0.2) is 58.3 Å². The number of hydrogen-bond acceptors (Lipinski definition) is 9. The van der Waals surface area contributed by atoms with Gasteiger partial charge in [0.25, 0.3) is 0 Å². The fourth-order valence-corrected chi connectivity index (χ4v) is 5.25. The van der Waals surface area contributed by atoms with Crippen molar-refractivity contribution in [1.82, 2.24) is 20.1 Å². The predicted molar refractivity (Wildman–Crippen MR) is 133 cm³/mol. The number of benzene rings is 1. The average Bonchev–Trinajstić information content (AvgIpc) is 3.51. The minimum absolute atomic E-state index is 0.114. The Balaban J connectivity index is 1.35. The van der Waals surface area contributed by atoms with E-state index in [0.29, 0.717) is 42.2 Å². The number of piperidine rings is 1. The molecule has 0 aliphatic carbocycles. The van der Waals surface area contributed by atoms with Gasteiger partial charge >= 0.3 is 12.3 Å². The molecule has 1 saturated heterocycles. The van der Waals surface area contributed by atoms with Crippen molar-refractivity contribution >= 4 is 35.1 Å². The van der Waals surface area contributed by atoms with Gasteiger partial charge in [-0.25, -0.2) is 9.97 Å². The van der Waals surface area contributed by atoms with Crippen molar-refractivity contribution in [2.24, 2.45) is 0 Å². The third-order valence-electron chi connectivity index (χ3n) is 6.66. The molecule has 2 aromatic heterocycles. The van der Waals surface area contributed by atoms with Gasteiger partial charge in [0.15, 0.2) is 5.82 Å². The van der Waals surface area contributed by atoms with Crippen LogP contribution in [0.4, 0.5) is 36.5 Å². The third-order valence-corrected chi connectivity index (χ3v) is 7.39. The highest BCUT2D eigenvalue weighted by Crippen LogP contribution is 2.39. The second-order valence-corrected chi connectivity index (χ2v) is 10.2. The molecule has 0 spiro atoms. The van der Waals surface area contributed by atoms with E-state index >= 15 is 0 Å². The van der Waals surface area contributed by atoms with Gasteiger partial charge in [0.2, 0.25) is 0 Å². The number of aromatic nitrogens is 4. The first-order valence-electron chi connectivity index (χ1n) is 12.0. The van der Waals surface area contributed by atoms with Gasteiger partial charge in [0.05, 0.1) is 0 Å². The minimum atomic E-state index is -4.58. The van der Waals surface area contributed by atoms with Crippen molar-refractivity contribution in [2.75, 3.05) is 40.6 Å². The summed E-state index contributed by atoms with van der Waals surface area (Å²) in [7, 11) is 0. The standard InChI is InChI=1S/C24H28F3N7OS/c1-15(2)22-30-23(35-31-22)32-9-7-17(8-10-32)34(24(25,26)27)21-13-20(28-14-29-21)33-11-6-16-12-18(36-3)4-5-19(16)33/h4-5,12-15,17H,6-11H2,1-3H3. The highest BCUT2D eigenvalue weighted by molar-refractivity contribution is 7.98. The maximum Gasteiger partial charge on any atom is 0.486 e. The number of fused-ring (bicyclic) bond motifs is 1. The van der Waals surface area contributed by atoms with E-state index in [1.807, 2.05) is 42.0 Å². The number of nitrogens with zero attached hydrogens (tertiary/aromatic N) is 7. The van der Waals surface area contributed by atoms with Crippen LogP contribution >= 0.6 is 11.8 Å². The van der Waals surface area contributed by atoms with E-state index in [1.165, 1.54) is 18.0 Å². The predicted octanol–water partition coefficient (Wildman–Crippen LogP) is 5.39. The minimum Gasteiger partial charge on any atom is -0.326 e. The van der Waals surface area contributed by atoms with E-state index in [1.54, 1.807) is 11.8 Å². The second kappa shape index (κ2) is 9.79. The summed E-state index contributed by atoms with van der Waals surface area (Å²) in [5.74, 6) is 1.03. The summed E-state index contributed by atoms with van der Waals surface area (Å²) in [5, 5.41) is 3.96. The Morgan fingerprint density at radius 3 is 2.56 bits per heavy atom. The lowest BCUT2D eigenvalue weighted by atomic mass is 10.0. The maximum absolute atomic E-state index is 14.3. The van der Waals surface area contributed by atoms with Crippen molar-refractivity contribution in [2.45, 2.75) is 56.3 Å². The number of thioether (sulfide) groups is 1. The van der Waals surface area contributed by atoms with E-state index in [-0.39, 0.29) is 24.6 Å². The zero-order chi connectivity index (χ0) is 25.4. The molecule has 0 unspecified atom stereocenters. The van der Waals surface area contributed by atoms with Gasteiger partial charge in [0, 0.05) is 48.2 Å². The summed E-state index contributed by atoms with van der Waals surface area (Å²) in [4.78, 5) is 18.2. The SMILES string of the molecule is CSc1ccc2c(c1)CCN2c1cc(N(C2CCN(c3nc(C(C)C)no3)CC2)C(F)(F)F)ncn1. The number of hydrogen-bond donors (Lipinski definition) is 0. The summed E-state index contributed by atoms with van der Waals surface area (Å²) in [5.41, 5.74) is 2.15. The molecular weight excluding hydrogens is 491 g/mol. The molecule has 0 amide bonds. The summed E-state index contributed by atoms with van der Waals surface area (Å²) >= 11 is 1.67. The van der Waals surface area contributed by atoms with Crippen LogP contribution in [0.25, 0.3) is 0 Å². The molecule has 2 aliphatic heterocycles. The Morgan fingerprint density at radius 1 is 1.11 bits per heavy atom. The van der Waals surface area contributed by atoms with Crippen LogP contribution in [-0.2, 0) is 6.42 Å². The van der Waals surface area contributed by atoms with Crippen LogP contribution in [0.2, 0.25) is 0 Å². The first-order chi connectivity index (χ1) is 17.2. The second-order valence-electron chi connectivity index (χ2n) is 9.28. The Labute approximate surface area is 211 Å². The molecule has 5 rings (SSSR count). The van der Waals surface area contributed by atoms with Crippen LogP contribution in [0.1, 0.15) is 44.0 Å². The number of alkyl halides is 3. The zero-order valence-corrected chi connectivity index (χ0v) is 21.2. The van der Waals surface area contributed by atoms with Gasteiger partial charge in [-0.2, -0.15) is 18.2 Å². The van der Waals surface area contributed by atoms with Gasteiger partial charge in [-0.15, -0.1) is 11.8 Å². The van der Waals surface area contributed by atoms with E-state index in [9.17, 15) is 13.2 Å². The molecule has 1 aromatic carbocycles. The molecule has 0 bridgehead atoms. The van der Waals surface area contributed by atoms with Crippen LogP contribution < -0.4 is 14.7 Å². The van der Waals surface area contributed by atoms with Crippen molar-refractivity contribution in [3.05, 3.63) is 42.0 Å². The molecule has 192 valence electrons. The lowest BCUT2D eigenvalue weighted by molar-refractivity contribution is -0.136. The van der Waals surface area contributed by atoms with Crippen molar-refractivity contribution < 1.29 is 17.7 Å². The largest absolute Gasteiger partial charge is 0.486 e. The van der Waals surface area contributed by atoms with Crippen LogP contribution in [0.3, 0.4) is 0 Å². The fourth-order valence-electron chi connectivity index (χ4n) is 4.79. The molecule has 1 fully saturated rings. The highest BCUT2D eigenvalue weighted by Gasteiger charge is 2.44. The van der Waals surface area contributed by atoms with Gasteiger partial charge in [-0.1, -0.05) is 19.0 Å². The first kappa shape index (κ1) is 24.7. The smallest absolute Gasteiger partial charge is 0.326 e. The summed E-state index contributed by atoms with van der Waals surface area (Å²) in [6.45, 7) is 5.34. The average molecular weight is 520 g/mol. The molecule has 4 heterocycles. The van der Waals surface area contributed by atoms with Crippen molar-refractivity contribution in [1.29, 1.82) is 0 Å². The number of rotatable bonds is 6.